The molecule has 19 heavy (non-hydrogen) atoms. The van der Waals surface area contributed by atoms with Gasteiger partial charge in [-0.3, -0.25) is 9.59 Å². The van der Waals surface area contributed by atoms with Gasteiger partial charge in [0.15, 0.2) is 0 Å². The fourth-order valence-corrected chi connectivity index (χ4v) is 3.06. The van der Waals surface area contributed by atoms with Gasteiger partial charge in [0, 0.05) is 13.0 Å². The van der Waals surface area contributed by atoms with E-state index >= 15 is 0 Å². The van der Waals surface area contributed by atoms with Crippen molar-refractivity contribution in [2.45, 2.75) is 64.3 Å². The highest BCUT2D eigenvalue weighted by Gasteiger charge is 2.25. The van der Waals surface area contributed by atoms with Crippen molar-refractivity contribution in [1.82, 2.24) is 10.2 Å². The monoisotopic (exact) mass is 265 g/mol. The molecule has 1 atom stereocenters. The molecule has 1 saturated heterocycles. The van der Waals surface area contributed by atoms with Crippen molar-refractivity contribution in [3.05, 3.63) is 6.54 Å². The standard InChI is InChI=1S/C15H25N2O2/c1-12(15(19)17-9-5-6-10-17)16-14(18)11-13-7-3-2-4-8-13/h9,12-13H,2-8,10-11H2,1H3,(H,16,18). The Hall–Kier alpha value is -1.06. The second-order valence-corrected chi connectivity index (χ2v) is 5.85. The van der Waals surface area contributed by atoms with Crippen molar-refractivity contribution in [3.8, 4) is 0 Å². The quantitative estimate of drug-likeness (QED) is 0.847. The molecule has 1 saturated carbocycles. The molecule has 1 unspecified atom stereocenters. The number of hydrogen-bond donors (Lipinski definition) is 1. The van der Waals surface area contributed by atoms with E-state index in [0.717, 1.165) is 32.2 Å². The first kappa shape index (κ1) is 14.4. The number of carbonyl (C=O) groups is 2. The first-order valence-electron chi connectivity index (χ1n) is 7.60. The van der Waals surface area contributed by atoms with E-state index in [1.54, 1.807) is 11.8 Å². The SMILES string of the molecule is CC(NC(=O)CC1CCCCC1)C(=O)N1[CH]CCC1. The molecule has 2 aliphatic rings. The molecule has 4 heteroatoms. The summed E-state index contributed by atoms with van der Waals surface area (Å²) in [6, 6.07) is -0.398. The molecule has 2 amide bonds. The third-order valence-electron chi connectivity index (χ3n) is 4.18. The average Bonchev–Trinajstić information content (AvgIpc) is 2.92. The lowest BCUT2D eigenvalue weighted by Gasteiger charge is -2.23. The minimum Gasteiger partial charge on any atom is -0.345 e. The Bertz CT molecular complexity index is 318. The van der Waals surface area contributed by atoms with Crippen LogP contribution in [0.4, 0.5) is 0 Å². The summed E-state index contributed by atoms with van der Waals surface area (Å²) in [6.07, 6.45) is 8.71. The van der Waals surface area contributed by atoms with E-state index in [1.807, 2.05) is 6.54 Å². The van der Waals surface area contributed by atoms with Gasteiger partial charge < -0.3 is 10.2 Å². The van der Waals surface area contributed by atoms with Gasteiger partial charge in [0.1, 0.15) is 6.04 Å². The molecule has 107 valence electrons. The van der Waals surface area contributed by atoms with Crippen LogP contribution < -0.4 is 5.32 Å². The molecule has 0 bridgehead atoms. The molecule has 1 heterocycles. The fourth-order valence-electron chi connectivity index (χ4n) is 3.06. The van der Waals surface area contributed by atoms with Gasteiger partial charge in [0.05, 0.1) is 6.54 Å². The second kappa shape index (κ2) is 6.92. The third kappa shape index (κ3) is 4.22. The van der Waals surface area contributed by atoms with Crippen LogP contribution in [-0.2, 0) is 9.59 Å². The lowest BCUT2D eigenvalue weighted by molar-refractivity contribution is -0.134. The molecular weight excluding hydrogens is 240 g/mol. The molecule has 2 fully saturated rings. The van der Waals surface area contributed by atoms with Crippen LogP contribution in [0.15, 0.2) is 0 Å². The Morgan fingerprint density at radius 2 is 2.00 bits per heavy atom. The molecule has 0 aromatic heterocycles. The third-order valence-corrected chi connectivity index (χ3v) is 4.18. The molecule has 0 aromatic carbocycles. The predicted octanol–water partition coefficient (Wildman–Crippen LogP) is 2.25. The van der Waals surface area contributed by atoms with Gasteiger partial charge in [-0.25, -0.2) is 0 Å². The largest absolute Gasteiger partial charge is 0.345 e. The topological polar surface area (TPSA) is 49.4 Å². The Morgan fingerprint density at radius 3 is 2.63 bits per heavy atom. The van der Waals surface area contributed by atoms with E-state index in [-0.39, 0.29) is 11.8 Å². The van der Waals surface area contributed by atoms with Crippen molar-refractivity contribution < 1.29 is 9.59 Å². The van der Waals surface area contributed by atoms with Gasteiger partial charge in [0.2, 0.25) is 11.8 Å². The normalized spacial score (nSPS) is 22.3. The Labute approximate surface area is 115 Å². The van der Waals surface area contributed by atoms with Crippen LogP contribution in [0.25, 0.3) is 0 Å². The Balaban J connectivity index is 1.72. The summed E-state index contributed by atoms with van der Waals surface area (Å²) in [4.78, 5) is 25.7. The van der Waals surface area contributed by atoms with Gasteiger partial charge in [-0.1, -0.05) is 19.3 Å². The van der Waals surface area contributed by atoms with E-state index in [2.05, 4.69) is 5.32 Å². The van der Waals surface area contributed by atoms with Crippen LogP contribution in [0, 0.1) is 12.5 Å². The summed E-state index contributed by atoms with van der Waals surface area (Å²) < 4.78 is 0. The molecule has 0 spiro atoms. The zero-order valence-electron chi connectivity index (χ0n) is 11.9. The van der Waals surface area contributed by atoms with Gasteiger partial charge in [-0.05, 0) is 38.5 Å². The summed E-state index contributed by atoms with van der Waals surface area (Å²) in [7, 11) is 0. The Morgan fingerprint density at radius 1 is 1.26 bits per heavy atom. The van der Waals surface area contributed by atoms with Crippen molar-refractivity contribution in [1.29, 1.82) is 0 Å². The molecule has 1 aliphatic heterocycles. The number of hydrogen-bond acceptors (Lipinski definition) is 2. The number of carbonyl (C=O) groups excluding carboxylic acids is 2. The smallest absolute Gasteiger partial charge is 0.245 e. The maximum Gasteiger partial charge on any atom is 0.245 e. The number of amides is 2. The molecule has 1 aliphatic carbocycles. The maximum absolute atomic E-state index is 12.1. The molecule has 1 N–H and O–H groups in total. The average molecular weight is 265 g/mol. The molecule has 2 rings (SSSR count). The zero-order valence-corrected chi connectivity index (χ0v) is 11.9. The number of nitrogens with zero attached hydrogens (tertiary/aromatic N) is 1. The summed E-state index contributed by atoms with van der Waals surface area (Å²) >= 11 is 0. The molecular formula is C15H25N2O2. The fraction of sp³-hybridized carbons (Fsp3) is 0.800. The zero-order chi connectivity index (χ0) is 13.7. The first-order valence-corrected chi connectivity index (χ1v) is 7.60. The second-order valence-electron chi connectivity index (χ2n) is 5.85. The summed E-state index contributed by atoms with van der Waals surface area (Å²) in [5.74, 6) is 0.579. The van der Waals surface area contributed by atoms with Crippen LogP contribution in [0.5, 0.6) is 0 Å². The predicted molar refractivity (Wildman–Crippen MR) is 74.0 cm³/mol. The molecule has 0 aromatic rings. The number of nitrogens with one attached hydrogen (secondary N) is 1. The van der Waals surface area contributed by atoms with Gasteiger partial charge >= 0.3 is 0 Å². The van der Waals surface area contributed by atoms with E-state index in [0.29, 0.717) is 12.3 Å². The molecule has 4 nitrogen and oxygen atoms in total. The van der Waals surface area contributed by atoms with Gasteiger partial charge in [-0.2, -0.15) is 0 Å². The Kier molecular flexibility index (Phi) is 5.23. The van der Waals surface area contributed by atoms with E-state index < -0.39 is 6.04 Å². The molecule has 1 radical (unpaired) electrons. The van der Waals surface area contributed by atoms with Gasteiger partial charge in [-0.15, -0.1) is 0 Å². The summed E-state index contributed by atoms with van der Waals surface area (Å²) in [5, 5.41) is 2.85. The van der Waals surface area contributed by atoms with Gasteiger partial charge in [0.25, 0.3) is 0 Å². The lowest BCUT2D eigenvalue weighted by atomic mass is 9.87. The minimum absolute atomic E-state index is 0.0227. The first-order chi connectivity index (χ1) is 9.16. The van der Waals surface area contributed by atoms with E-state index in [4.69, 9.17) is 0 Å². The van der Waals surface area contributed by atoms with Crippen LogP contribution in [0.2, 0.25) is 0 Å². The highest BCUT2D eigenvalue weighted by Crippen LogP contribution is 2.26. The highest BCUT2D eigenvalue weighted by atomic mass is 16.2. The minimum atomic E-state index is -0.398. The lowest BCUT2D eigenvalue weighted by Crippen LogP contribution is -2.45. The van der Waals surface area contributed by atoms with Crippen molar-refractivity contribution >= 4 is 11.8 Å². The highest BCUT2D eigenvalue weighted by molar-refractivity contribution is 5.87. The van der Waals surface area contributed by atoms with Crippen molar-refractivity contribution in [2.75, 3.05) is 6.54 Å². The van der Waals surface area contributed by atoms with Crippen LogP contribution in [0.3, 0.4) is 0 Å². The van der Waals surface area contributed by atoms with Crippen LogP contribution in [0.1, 0.15) is 58.3 Å². The summed E-state index contributed by atoms with van der Waals surface area (Å²) in [6.45, 7) is 4.51. The van der Waals surface area contributed by atoms with E-state index in [1.165, 1.54) is 19.3 Å². The number of likely N-dealkylation sites (tertiary alicyclic amines) is 1. The number of rotatable bonds is 4. The van der Waals surface area contributed by atoms with Crippen molar-refractivity contribution in [2.24, 2.45) is 5.92 Å². The van der Waals surface area contributed by atoms with Crippen molar-refractivity contribution in [3.63, 3.8) is 0 Å². The maximum atomic E-state index is 12.1. The summed E-state index contributed by atoms with van der Waals surface area (Å²) in [5.41, 5.74) is 0. The van der Waals surface area contributed by atoms with Crippen LogP contribution in [-0.4, -0.2) is 29.3 Å². The van der Waals surface area contributed by atoms with E-state index in [9.17, 15) is 9.59 Å². The van der Waals surface area contributed by atoms with Crippen LogP contribution >= 0.6 is 0 Å².